The van der Waals surface area contributed by atoms with E-state index in [1.807, 2.05) is 19.0 Å². The number of aliphatic hydroxyl groups is 1. The topological polar surface area (TPSA) is 87.6 Å². The highest BCUT2D eigenvalue weighted by Gasteiger charge is 2.45. The molecule has 2 N–H and O–H groups in total. The molecule has 25 heavy (non-hydrogen) atoms. The third-order valence-electron chi connectivity index (χ3n) is 4.39. The Morgan fingerprint density at radius 3 is 2.56 bits per heavy atom. The fourth-order valence-electron chi connectivity index (χ4n) is 3.25. The quantitative estimate of drug-likeness (QED) is 0.832. The van der Waals surface area contributed by atoms with Gasteiger partial charge in [-0.2, -0.15) is 0 Å². The van der Waals surface area contributed by atoms with Crippen molar-refractivity contribution in [2.45, 2.75) is 30.7 Å². The Morgan fingerprint density at radius 2 is 1.96 bits per heavy atom. The number of ether oxygens (including phenoxy) is 1. The lowest BCUT2D eigenvalue weighted by Gasteiger charge is -2.29. The molecule has 4 atom stereocenters. The predicted octanol–water partition coefficient (Wildman–Crippen LogP) is 0.717. The zero-order valence-corrected chi connectivity index (χ0v) is 14.2. The Balaban J connectivity index is 1.72. The summed E-state index contributed by atoms with van der Waals surface area (Å²) in [5, 5.41) is 13.7. The zero-order chi connectivity index (χ0) is 17.8. The predicted molar refractivity (Wildman–Crippen MR) is 92.2 cm³/mol. The first-order chi connectivity index (χ1) is 12.1. The molecule has 0 spiro atoms. The maximum Gasteiger partial charge on any atom is 0.253 e. The van der Waals surface area contributed by atoms with Crippen LogP contribution in [-0.2, 0) is 0 Å². The van der Waals surface area contributed by atoms with Gasteiger partial charge in [0.25, 0.3) is 5.91 Å². The first kappa shape index (κ1) is 17.3. The number of nitrogens with zero attached hydrogens (tertiary/aromatic N) is 3. The Hall–Kier alpha value is -2.51. The van der Waals surface area contributed by atoms with Crippen LogP contribution in [0.15, 0.2) is 49.1 Å². The lowest BCUT2D eigenvalue weighted by Crippen LogP contribution is -2.50. The van der Waals surface area contributed by atoms with Crippen LogP contribution >= 0.6 is 0 Å². The molecule has 1 aliphatic carbocycles. The highest BCUT2D eigenvalue weighted by molar-refractivity contribution is 5.94. The summed E-state index contributed by atoms with van der Waals surface area (Å²) < 4.78 is 5.88. The molecule has 7 heteroatoms. The number of carbonyl (C=O) groups excluding carboxylic acids is 1. The van der Waals surface area contributed by atoms with E-state index in [1.165, 1.54) is 6.20 Å². The van der Waals surface area contributed by atoms with Gasteiger partial charge in [0.2, 0.25) is 0 Å². The van der Waals surface area contributed by atoms with Crippen LogP contribution in [0, 0.1) is 0 Å². The van der Waals surface area contributed by atoms with Crippen molar-refractivity contribution in [3.8, 4) is 5.75 Å². The van der Waals surface area contributed by atoms with Crippen LogP contribution in [0.4, 0.5) is 0 Å². The molecule has 7 nitrogen and oxygen atoms in total. The monoisotopic (exact) mass is 342 g/mol. The van der Waals surface area contributed by atoms with Gasteiger partial charge >= 0.3 is 0 Å². The summed E-state index contributed by atoms with van der Waals surface area (Å²) in [5.41, 5.74) is 0.492. The number of aromatic nitrogens is 2. The fraction of sp³-hybridized carbons (Fsp3) is 0.389. The van der Waals surface area contributed by atoms with Crippen molar-refractivity contribution in [1.82, 2.24) is 20.2 Å². The van der Waals surface area contributed by atoms with E-state index in [1.54, 1.807) is 42.9 Å². The minimum absolute atomic E-state index is 0.209. The second-order valence-electron chi connectivity index (χ2n) is 6.35. The molecule has 2 aromatic rings. The standard InChI is InChI=1S/C18H22N4O3/c1-22(2)16-14(21-18(24)12-5-3-7-19-10-12)9-15(17(16)23)25-13-6-4-8-20-11-13/h3-8,10-11,14-17,23H,9H2,1-2H3,(H,21,24)/t14-,15-,16+,17+/m1/s1. The molecule has 0 saturated heterocycles. The van der Waals surface area contributed by atoms with Crippen molar-refractivity contribution in [3.63, 3.8) is 0 Å². The molecule has 1 amide bonds. The maximum absolute atomic E-state index is 12.4. The number of carbonyl (C=O) groups is 1. The molecule has 1 aliphatic rings. The normalized spacial score (nSPS) is 25.8. The summed E-state index contributed by atoms with van der Waals surface area (Å²) in [6.07, 6.45) is 5.78. The van der Waals surface area contributed by atoms with Crippen molar-refractivity contribution in [3.05, 3.63) is 54.6 Å². The van der Waals surface area contributed by atoms with Crippen LogP contribution in [0.5, 0.6) is 5.75 Å². The van der Waals surface area contributed by atoms with E-state index in [0.29, 0.717) is 17.7 Å². The van der Waals surface area contributed by atoms with Crippen LogP contribution in [0.3, 0.4) is 0 Å². The van der Waals surface area contributed by atoms with Crippen molar-refractivity contribution in [2.75, 3.05) is 14.1 Å². The number of hydrogen-bond acceptors (Lipinski definition) is 6. The van der Waals surface area contributed by atoms with E-state index >= 15 is 0 Å². The largest absolute Gasteiger partial charge is 0.486 e. The summed E-state index contributed by atoms with van der Waals surface area (Å²) >= 11 is 0. The number of likely N-dealkylation sites (N-methyl/N-ethyl adjacent to an activating group) is 1. The highest BCUT2D eigenvalue weighted by atomic mass is 16.5. The van der Waals surface area contributed by atoms with E-state index in [0.717, 1.165) is 0 Å². The first-order valence-corrected chi connectivity index (χ1v) is 8.18. The van der Waals surface area contributed by atoms with Gasteiger partial charge in [-0.3, -0.25) is 14.8 Å². The number of rotatable bonds is 5. The van der Waals surface area contributed by atoms with Gasteiger partial charge in [-0.15, -0.1) is 0 Å². The number of aliphatic hydroxyl groups excluding tert-OH is 1. The molecule has 132 valence electrons. The second-order valence-corrected chi connectivity index (χ2v) is 6.35. The van der Waals surface area contributed by atoms with Gasteiger partial charge in [0.05, 0.1) is 23.8 Å². The molecule has 2 heterocycles. The van der Waals surface area contributed by atoms with Crippen LogP contribution in [-0.4, -0.2) is 64.3 Å². The fourth-order valence-corrected chi connectivity index (χ4v) is 3.25. The average Bonchev–Trinajstić information content (AvgIpc) is 2.92. The van der Waals surface area contributed by atoms with E-state index in [9.17, 15) is 9.90 Å². The molecular formula is C18H22N4O3. The van der Waals surface area contributed by atoms with Gasteiger partial charge in [-0.05, 0) is 38.4 Å². The summed E-state index contributed by atoms with van der Waals surface area (Å²) in [7, 11) is 3.76. The first-order valence-electron chi connectivity index (χ1n) is 8.18. The van der Waals surface area contributed by atoms with E-state index in [4.69, 9.17) is 4.74 Å². The molecule has 0 bridgehead atoms. The third kappa shape index (κ3) is 3.94. The zero-order valence-electron chi connectivity index (χ0n) is 14.2. The Labute approximate surface area is 146 Å². The lowest BCUT2D eigenvalue weighted by molar-refractivity contribution is 0.0209. The van der Waals surface area contributed by atoms with Crippen LogP contribution in [0.25, 0.3) is 0 Å². The molecule has 0 aromatic carbocycles. The van der Waals surface area contributed by atoms with Gasteiger partial charge < -0.3 is 20.1 Å². The van der Waals surface area contributed by atoms with Crippen molar-refractivity contribution >= 4 is 5.91 Å². The molecule has 2 aromatic heterocycles. The summed E-state index contributed by atoms with van der Waals surface area (Å²) in [6.45, 7) is 0. The molecule has 0 aliphatic heterocycles. The molecule has 1 saturated carbocycles. The summed E-state index contributed by atoms with van der Waals surface area (Å²) in [6, 6.07) is 6.52. The minimum atomic E-state index is -0.727. The van der Waals surface area contributed by atoms with E-state index < -0.39 is 12.2 Å². The highest BCUT2D eigenvalue weighted by Crippen LogP contribution is 2.28. The van der Waals surface area contributed by atoms with Crippen molar-refractivity contribution in [2.24, 2.45) is 0 Å². The molecule has 0 unspecified atom stereocenters. The van der Waals surface area contributed by atoms with Gasteiger partial charge in [0.15, 0.2) is 0 Å². The Kier molecular flexibility index (Phi) is 5.25. The Bertz CT molecular complexity index is 696. The van der Waals surface area contributed by atoms with Crippen molar-refractivity contribution in [1.29, 1.82) is 0 Å². The number of pyridine rings is 2. The summed E-state index contributed by atoms with van der Waals surface area (Å²) in [5.74, 6) is 0.391. The van der Waals surface area contributed by atoms with Gasteiger partial charge in [-0.1, -0.05) is 0 Å². The molecule has 1 fully saturated rings. The van der Waals surface area contributed by atoms with E-state index in [-0.39, 0.29) is 18.0 Å². The van der Waals surface area contributed by atoms with Crippen LogP contribution in [0.1, 0.15) is 16.8 Å². The number of hydrogen-bond donors (Lipinski definition) is 2. The Morgan fingerprint density at radius 1 is 1.24 bits per heavy atom. The summed E-state index contributed by atoms with van der Waals surface area (Å²) in [4.78, 5) is 22.3. The maximum atomic E-state index is 12.4. The smallest absolute Gasteiger partial charge is 0.253 e. The van der Waals surface area contributed by atoms with Crippen molar-refractivity contribution < 1.29 is 14.6 Å². The minimum Gasteiger partial charge on any atom is -0.486 e. The molecule has 3 rings (SSSR count). The third-order valence-corrected chi connectivity index (χ3v) is 4.39. The van der Waals surface area contributed by atoms with Gasteiger partial charge in [-0.25, -0.2) is 0 Å². The lowest BCUT2D eigenvalue weighted by atomic mass is 10.1. The van der Waals surface area contributed by atoms with Gasteiger partial charge in [0, 0.05) is 25.0 Å². The van der Waals surface area contributed by atoms with Crippen LogP contribution < -0.4 is 10.1 Å². The number of amides is 1. The second kappa shape index (κ2) is 7.58. The number of nitrogens with one attached hydrogen (secondary N) is 1. The SMILES string of the molecule is CN(C)[C@@H]1[C@@H](O)[C@H](Oc2cccnc2)C[C@H]1NC(=O)c1cccnc1. The van der Waals surface area contributed by atoms with Crippen LogP contribution in [0.2, 0.25) is 0 Å². The van der Waals surface area contributed by atoms with Gasteiger partial charge in [0.1, 0.15) is 18.0 Å². The average molecular weight is 342 g/mol. The van der Waals surface area contributed by atoms with E-state index in [2.05, 4.69) is 15.3 Å². The molecular weight excluding hydrogens is 320 g/mol. The molecule has 0 radical (unpaired) electrons.